The number of halogens is 1. The number of rotatable bonds is 5. The Morgan fingerprint density at radius 2 is 1.76 bits per heavy atom. The third-order valence-electron chi connectivity index (χ3n) is 3.00. The molecule has 2 aromatic carbocycles. The first-order valence-corrected chi connectivity index (χ1v) is 7.45. The molecule has 0 bridgehead atoms. The van der Waals surface area contributed by atoms with Gasteiger partial charge >= 0.3 is 6.03 Å². The van der Waals surface area contributed by atoms with Gasteiger partial charge in [0.1, 0.15) is 0 Å². The first kappa shape index (κ1) is 15.5. The van der Waals surface area contributed by atoms with Gasteiger partial charge in [-0.1, -0.05) is 42.5 Å². The van der Waals surface area contributed by atoms with Gasteiger partial charge in [0, 0.05) is 4.47 Å². The van der Waals surface area contributed by atoms with E-state index >= 15 is 0 Å². The Labute approximate surface area is 132 Å². The lowest BCUT2D eigenvalue weighted by Gasteiger charge is -2.17. The Balaban J connectivity index is 1.92. The Morgan fingerprint density at radius 3 is 2.43 bits per heavy atom. The number of nitrogens with one attached hydrogen (secondary N) is 2. The molecule has 2 amide bonds. The number of aliphatic hydroxyl groups is 1. The summed E-state index contributed by atoms with van der Waals surface area (Å²) in [6.07, 6.45) is 0.584. The van der Waals surface area contributed by atoms with Crippen molar-refractivity contribution >= 4 is 27.6 Å². The number of carbonyl (C=O) groups excluding carboxylic acids is 1. The average molecular weight is 349 g/mol. The summed E-state index contributed by atoms with van der Waals surface area (Å²) >= 11 is 3.37. The second-order valence-corrected chi connectivity index (χ2v) is 5.50. The number of para-hydroxylation sites is 1. The van der Waals surface area contributed by atoms with E-state index in [2.05, 4.69) is 26.6 Å². The number of hydrogen-bond donors (Lipinski definition) is 3. The molecule has 0 heterocycles. The third kappa shape index (κ3) is 4.88. The van der Waals surface area contributed by atoms with Gasteiger partial charge in [-0.05, 0) is 40.0 Å². The van der Waals surface area contributed by atoms with E-state index < -0.39 is 0 Å². The summed E-state index contributed by atoms with van der Waals surface area (Å²) in [5.74, 6) is 0. The zero-order valence-corrected chi connectivity index (χ0v) is 13.0. The number of benzene rings is 2. The van der Waals surface area contributed by atoms with Crippen LogP contribution >= 0.6 is 15.9 Å². The molecule has 0 saturated heterocycles. The number of hydrogen-bond acceptors (Lipinski definition) is 2. The molecule has 0 aliphatic heterocycles. The highest BCUT2D eigenvalue weighted by molar-refractivity contribution is 9.10. The van der Waals surface area contributed by atoms with Crippen LogP contribution in [-0.2, 0) is 6.42 Å². The molecule has 0 fully saturated rings. The third-order valence-corrected chi connectivity index (χ3v) is 3.69. The van der Waals surface area contributed by atoms with Gasteiger partial charge in [-0.2, -0.15) is 0 Å². The molecule has 2 aromatic rings. The maximum Gasteiger partial charge on any atom is 0.319 e. The minimum atomic E-state index is -0.336. The lowest BCUT2D eigenvalue weighted by molar-refractivity contribution is 0.224. The Kier molecular flexibility index (Phi) is 5.78. The predicted molar refractivity (Wildman–Crippen MR) is 87.3 cm³/mol. The van der Waals surface area contributed by atoms with E-state index in [-0.39, 0.29) is 18.7 Å². The van der Waals surface area contributed by atoms with Gasteiger partial charge in [-0.25, -0.2) is 4.79 Å². The number of aliphatic hydroxyl groups excluding tert-OH is 1. The Morgan fingerprint density at radius 1 is 1.10 bits per heavy atom. The highest BCUT2D eigenvalue weighted by atomic mass is 79.9. The molecule has 0 saturated carbocycles. The second kappa shape index (κ2) is 7.81. The van der Waals surface area contributed by atoms with Crippen LogP contribution in [0, 0.1) is 0 Å². The van der Waals surface area contributed by atoms with E-state index in [0.717, 1.165) is 10.0 Å². The molecule has 0 radical (unpaired) electrons. The summed E-state index contributed by atoms with van der Waals surface area (Å²) in [4.78, 5) is 12.0. The van der Waals surface area contributed by atoms with Crippen LogP contribution in [0.3, 0.4) is 0 Å². The van der Waals surface area contributed by atoms with E-state index in [9.17, 15) is 9.90 Å². The van der Waals surface area contributed by atoms with Crippen molar-refractivity contribution in [2.24, 2.45) is 0 Å². The number of anilines is 1. The lowest BCUT2D eigenvalue weighted by Crippen LogP contribution is -2.41. The van der Waals surface area contributed by atoms with Gasteiger partial charge in [0.15, 0.2) is 0 Å². The van der Waals surface area contributed by atoms with Gasteiger partial charge in [0.05, 0.1) is 18.3 Å². The average Bonchev–Trinajstić information content (AvgIpc) is 2.50. The minimum Gasteiger partial charge on any atom is -0.394 e. The Hall–Kier alpha value is -1.85. The largest absolute Gasteiger partial charge is 0.394 e. The zero-order chi connectivity index (χ0) is 15.1. The fourth-order valence-electron chi connectivity index (χ4n) is 1.97. The van der Waals surface area contributed by atoms with E-state index in [1.54, 1.807) is 6.07 Å². The maximum absolute atomic E-state index is 12.0. The quantitative estimate of drug-likeness (QED) is 0.777. The molecule has 5 heteroatoms. The smallest absolute Gasteiger partial charge is 0.319 e. The molecule has 21 heavy (non-hydrogen) atoms. The van der Waals surface area contributed by atoms with Crippen LogP contribution in [0.25, 0.3) is 0 Å². The van der Waals surface area contributed by atoms with Crippen molar-refractivity contribution in [3.63, 3.8) is 0 Å². The summed E-state index contributed by atoms with van der Waals surface area (Å²) in [5, 5.41) is 14.9. The van der Waals surface area contributed by atoms with Crippen molar-refractivity contribution in [3.8, 4) is 0 Å². The second-order valence-electron chi connectivity index (χ2n) is 4.65. The molecule has 0 aromatic heterocycles. The molecular formula is C16H17BrN2O2. The molecule has 1 unspecified atom stereocenters. The van der Waals surface area contributed by atoms with Gasteiger partial charge in [0.2, 0.25) is 0 Å². The maximum atomic E-state index is 12.0. The minimum absolute atomic E-state index is 0.113. The fraction of sp³-hybridized carbons (Fsp3) is 0.188. The summed E-state index contributed by atoms with van der Waals surface area (Å²) in [6, 6.07) is 16.4. The first-order chi connectivity index (χ1) is 10.2. The number of carbonyl (C=O) groups is 1. The molecular weight excluding hydrogens is 332 g/mol. The van der Waals surface area contributed by atoms with Gasteiger partial charge in [0.25, 0.3) is 0 Å². The topological polar surface area (TPSA) is 61.4 Å². The standard InChI is InChI=1S/C16H17BrN2O2/c17-14-8-4-5-9-15(14)19-16(21)18-13(11-20)10-12-6-2-1-3-7-12/h1-9,13,20H,10-11H2,(H2,18,19,21). The highest BCUT2D eigenvalue weighted by Crippen LogP contribution is 2.20. The van der Waals surface area contributed by atoms with Gasteiger partial charge < -0.3 is 15.7 Å². The van der Waals surface area contributed by atoms with Crippen LogP contribution in [0.4, 0.5) is 10.5 Å². The van der Waals surface area contributed by atoms with E-state index in [1.807, 2.05) is 48.5 Å². The number of amides is 2. The van der Waals surface area contributed by atoms with Crippen LogP contribution in [0.1, 0.15) is 5.56 Å². The lowest BCUT2D eigenvalue weighted by atomic mass is 10.1. The van der Waals surface area contributed by atoms with Crippen LogP contribution < -0.4 is 10.6 Å². The summed E-state index contributed by atoms with van der Waals surface area (Å²) in [6.45, 7) is -0.113. The SMILES string of the molecule is O=C(Nc1ccccc1Br)NC(CO)Cc1ccccc1. The van der Waals surface area contributed by atoms with Crippen LogP contribution in [0.15, 0.2) is 59.1 Å². The van der Waals surface area contributed by atoms with Crippen LogP contribution in [0.2, 0.25) is 0 Å². The molecule has 0 spiro atoms. The van der Waals surface area contributed by atoms with E-state index in [0.29, 0.717) is 12.1 Å². The van der Waals surface area contributed by atoms with Gasteiger partial charge in [-0.3, -0.25) is 0 Å². The van der Waals surface area contributed by atoms with Crippen molar-refractivity contribution in [2.45, 2.75) is 12.5 Å². The van der Waals surface area contributed by atoms with Crippen LogP contribution in [0.5, 0.6) is 0 Å². The van der Waals surface area contributed by atoms with E-state index in [1.165, 1.54) is 0 Å². The summed E-state index contributed by atoms with van der Waals surface area (Å²) < 4.78 is 0.809. The molecule has 110 valence electrons. The van der Waals surface area contributed by atoms with Crippen molar-refractivity contribution in [1.82, 2.24) is 5.32 Å². The normalized spacial score (nSPS) is 11.7. The molecule has 0 aliphatic carbocycles. The van der Waals surface area contributed by atoms with Gasteiger partial charge in [-0.15, -0.1) is 0 Å². The van der Waals surface area contributed by atoms with Crippen molar-refractivity contribution < 1.29 is 9.90 Å². The predicted octanol–water partition coefficient (Wildman–Crippen LogP) is 3.17. The van der Waals surface area contributed by atoms with E-state index in [4.69, 9.17) is 0 Å². The summed E-state index contributed by atoms with van der Waals surface area (Å²) in [7, 11) is 0. The monoisotopic (exact) mass is 348 g/mol. The zero-order valence-electron chi connectivity index (χ0n) is 11.4. The molecule has 3 N–H and O–H groups in total. The highest BCUT2D eigenvalue weighted by Gasteiger charge is 2.12. The molecule has 1 atom stereocenters. The molecule has 2 rings (SSSR count). The van der Waals surface area contributed by atoms with Crippen LogP contribution in [-0.4, -0.2) is 23.8 Å². The summed E-state index contributed by atoms with van der Waals surface area (Å²) in [5.41, 5.74) is 1.75. The first-order valence-electron chi connectivity index (χ1n) is 6.66. The molecule has 4 nitrogen and oxygen atoms in total. The fourth-order valence-corrected chi connectivity index (χ4v) is 2.35. The Bertz CT molecular complexity index is 590. The van der Waals surface area contributed by atoms with Crippen molar-refractivity contribution in [3.05, 3.63) is 64.6 Å². The van der Waals surface area contributed by atoms with Crippen molar-refractivity contribution in [2.75, 3.05) is 11.9 Å². The molecule has 0 aliphatic rings. The number of urea groups is 1. The van der Waals surface area contributed by atoms with Crippen molar-refractivity contribution in [1.29, 1.82) is 0 Å².